The van der Waals surface area contributed by atoms with E-state index in [1.165, 1.54) is 4.90 Å². The van der Waals surface area contributed by atoms with Crippen LogP contribution >= 0.6 is 0 Å². The van der Waals surface area contributed by atoms with Crippen LogP contribution in [0.1, 0.15) is 58.8 Å². The highest BCUT2D eigenvalue weighted by atomic mass is 16.4. The number of carboxylic acid groups (broad SMARTS) is 1. The van der Waals surface area contributed by atoms with Gasteiger partial charge in [-0.15, -0.1) is 0 Å². The van der Waals surface area contributed by atoms with Crippen molar-refractivity contribution in [1.29, 1.82) is 0 Å². The van der Waals surface area contributed by atoms with Crippen LogP contribution in [0.3, 0.4) is 0 Å². The Morgan fingerprint density at radius 2 is 1.76 bits per heavy atom. The van der Waals surface area contributed by atoms with E-state index in [1.54, 1.807) is 0 Å². The summed E-state index contributed by atoms with van der Waals surface area (Å²) >= 11 is 0. The van der Waals surface area contributed by atoms with Crippen LogP contribution in [0.2, 0.25) is 0 Å². The SMILES string of the molecule is CC(C)C[C@H](NC(=O)[C@@H]1CCCN1)C(=O)NCC(=O)N1CCC[C@H]1C(=O)N[C@@H](CCCN=C(N)N)C(=O)O. The van der Waals surface area contributed by atoms with Gasteiger partial charge in [0, 0.05) is 13.1 Å². The predicted octanol–water partition coefficient (Wildman–Crippen LogP) is -2.00. The van der Waals surface area contributed by atoms with Gasteiger partial charge in [0.05, 0.1) is 12.6 Å². The van der Waals surface area contributed by atoms with Crippen LogP contribution in [0.5, 0.6) is 0 Å². The fourth-order valence-electron chi connectivity index (χ4n) is 4.64. The number of carbonyl (C=O) groups is 5. The Labute approximate surface area is 222 Å². The number of aliphatic carboxylic acids is 1. The Balaban J connectivity index is 1.91. The number of amides is 4. The molecule has 0 saturated carbocycles. The van der Waals surface area contributed by atoms with Gasteiger partial charge in [-0.3, -0.25) is 24.2 Å². The van der Waals surface area contributed by atoms with Gasteiger partial charge in [-0.2, -0.15) is 0 Å². The van der Waals surface area contributed by atoms with Gasteiger partial charge in [-0.05, 0) is 57.4 Å². The third kappa shape index (κ3) is 9.80. The van der Waals surface area contributed by atoms with Crippen LogP contribution in [0.15, 0.2) is 4.99 Å². The van der Waals surface area contributed by atoms with Crippen molar-refractivity contribution in [3.05, 3.63) is 0 Å². The molecule has 2 aliphatic heterocycles. The molecule has 14 nitrogen and oxygen atoms in total. The van der Waals surface area contributed by atoms with Gasteiger partial charge in [0.2, 0.25) is 23.6 Å². The van der Waals surface area contributed by atoms with Crippen LogP contribution in [0.25, 0.3) is 0 Å². The third-order valence-electron chi connectivity index (χ3n) is 6.57. The molecule has 0 radical (unpaired) electrons. The number of nitrogens with two attached hydrogens (primary N) is 2. The lowest BCUT2D eigenvalue weighted by atomic mass is 10.0. The summed E-state index contributed by atoms with van der Waals surface area (Å²) < 4.78 is 0. The van der Waals surface area contributed by atoms with Gasteiger partial charge in [0.15, 0.2) is 5.96 Å². The first kappa shape index (κ1) is 30.8. The van der Waals surface area contributed by atoms with Gasteiger partial charge < -0.3 is 42.7 Å². The van der Waals surface area contributed by atoms with E-state index in [0.717, 1.165) is 13.0 Å². The molecule has 9 N–H and O–H groups in total. The van der Waals surface area contributed by atoms with E-state index in [9.17, 15) is 29.1 Å². The number of nitrogens with zero attached hydrogens (tertiary/aromatic N) is 2. The average molecular weight is 539 g/mol. The van der Waals surface area contributed by atoms with Crippen molar-refractivity contribution in [3.63, 3.8) is 0 Å². The Morgan fingerprint density at radius 3 is 2.37 bits per heavy atom. The molecule has 2 heterocycles. The molecule has 0 spiro atoms. The summed E-state index contributed by atoms with van der Waals surface area (Å²) in [5, 5.41) is 20.5. The van der Waals surface area contributed by atoms with E-state index < -0.39 is 41.8 Å². The quantitative estimate of drug-likeness (QED) is 0.0737. The minimum atomic E-state index is -1.20. The Hall–Kier alpha value is -3.42. The zero-order valence-electron chi connectivity index (χ0n) is 22.2. The number of carboxylic acids is 1. The van der Waals surface area contributed by atoms with Crippen LogP contribution in [-0.2, 0) is 24.0 Å². The number of hydrogen-bond donors (Lipinski definition) is 7. The van der Waals surface area contributed by atoms with Gasteiger partial charge in [-0.1, -0.05) is 13.8 Å². The van der Waals surface area contributed by atoms with E-state index in [2.05, 4.69) is 26.3 Å². The summed E-state index contributed by atoms with van der Waals surface area (Å²) in [6, 6.07) is -3.10. The number of nitrogens with one attached hydrogen (secondary N) is 4. The van der Waals surface area contributed by atoms with Gasteiger partial charge in [0.25, 0.3) is 0 Å². The first-order valence-corrected chi connectivity index (χ1v) is 13.2. The fourth-order valence-corrected chi connectivity index (χ4v) is 4.64. The van der Waals surface area contributed by atoms with Crippen LogP contribution < -0.4 is 32.7 Å². The fraction of sp³-hybridized carbons (Fsp3) is 0.750. The normalized spacial score (nSPS) is 20.4. The summed E-state index contributed by atoms with van der Waals surface area (Å²) in [5.41, 5.74) is 10.5. The highest BCUT2D eigenvalue weighted by molar-refractivity contribution is 5.94. The summed E-state index contributed by atoms with van der Waals surface area (Å²) in [5.74, 6) is -2.89. The summed E-state index contributed by atoms with van der Waals surface area (Å²) in [6.07, 6.45) is 3.42. The molecule has 0 aliphatic carbocycles. The van der Waals surface area contributed by atoms with Crippen molar-refractivity contribution in [1.82, 2.24) is 26.2 Å². The molecule has 4 atom stereocenters. The molecular weight excluding hydrogens is 496 g/mol. The lowest BCUT2D eigenvalue weighted by molar-refractivity contribution is -0.144. The first-order valence-electron chi connectivity index (χ1n) is 13.2. The van der Waals surface area contributed by atoms with Crippen molar-refractivity contribution in [2.45, 2.75) is 83.0 Å². The molecule has 14 heteroatoms. The molecule has 4 amide bonds. The Kier molecular flexibility index (Phi) is 12.2. The van der Waals surface area contributed by atoms with Crippen molar-refractivity contribution in [3.8, 4) is 0 Å². The summed E-state index contributed by atoms with van der Waals surface area (Å²) in [6.45, 7) is 4.83. The molecule has 38 heavy (non-hydrogen) atoms. The highest BCUT2D eigenvalue weighted by Gasteiger charge is 2.36. The number of rotatable bonds is 14. The molecule has 2 rings (SSSR count). The third-order valence-corrected chi connectivity index (χ3v) is 6.57. The predicted molar refractivity (Wildman–Crippen MR) is 140 cm³/mol. The van der Waals surface area contributed by atoms with E-state index in [0.29, 0.717) is 38.6 Å². The minimum absolute atomic E-state index is 0.100. The van der Waals surface area contributed by atoms with E-state index >= 15 is 0 Å². The molecule has 2 aliphatic rings. The van der Waals surface area contributed by atoms with Crippen molar-refractivity contribution < 1.29 is 29.1 Å². The number of guanidine groups is 1. The monoisotopic (exact) mass is 538 g/mol. The van der Waals surface area contributed by atoms with E-state index in [-0.39, 0.29) is 43.3 Å². The van der Waals surface area contributed by atoms with Gasteiger partial charge in [0.1, 0.15) is 18.1 Å². The van der Waals surface area contributed by atoms with Crippen molar-refractivity contribution in [2.24, 2.45) is 22.4 Å². The number of carbonyl (C=O) groups excluding carboxylic acids is 4. The molecule has 214 valence electrons. The second kappa shape index (κ2) is 15.1. The number of aliphatic imine (C=N–C) groups is 1. The van der Waals surface area contributed by atoms with Crippen LogP contribution in [0, 0.1) is 5.92 Å². The van der Waals surface area contributed by atoms with E-state index in [4.69, 9.17) is 11.5 Å². The zero-order chi connectivity index (χ0) is 28.2. The van der Waals surface area contributed by atoms with Gasteiger partial charge >= 0.3 is 5.97 Å². The zero-order valence-corrected chi connectivity index (χ0v) is 22.2. The number of hydrogen-bond acceptors (Lipinski definition) is 7. The molecule has 2 saturated heterocycles. The molecule has 0 aromatic rings. The molecular formula is C24H42N8O6. The van der Waals surface area contributed by atoms with E-state index in [1.807, 2.05) is 13.8 Å². The minimum Gasteiger partial charge on any atom is -0.480 e. The maximum absolute atomic E-state index is 12.9. The molecule has 0 aromatic heterocycles. The van der Waals surface area contributed by atoms with Gasteiger partial charge in [-0.25, -0.2) is 4.79 Å². The molecule has 2 fully saturated rings. The standard InChI is InChI=1S/C24H42N8O6/c1-14(2)12-17(31-21(35)15-6-3-9-27-15)20(34)29-13-19(33)32-11-5-8-18(32)22(36)30-16(23(37)38)7-4-10-28-24(25)26/h14-18,27H,3-13H2,1-2H3,(H,29,34)(H,30,36)(H,31,35)(H,37,38)(H4,25,26,28)/t15-,16-,17-,18-/m0/s1. The molecule has 0 unspecified atom stereocenters. The topological polar surface area (TPSA) is 221 Å². The Morgan fingerprint density at radius 1 is 1.05 bits per heavy atom. The molecule has 0 aromatic carbocycles. The highest BCUT2D eigenvalue weighted by Crippen LogP contribution is 2.18. The lowest BCUT2D eigenvalue weighted by Gasteiger charge is -2.26. The largest absolute Gasteiger partial charge is 0.480 e. The smallest absolute Gasteiger partial charge is 0.326 e. The van der Waals surface area contributed by atoms with Crippen molar-refractivity contribution in [2.75, 3.05) is 26.2 Å². The maximum Gasteiger partial charge on any atom is 0.326 e. The van der Waals surface area contributed by atoms with Crippen LogP contribution in [-0.4, -0.2) is 95.9 Å². The lowest BCUT2D eigenvalue weighted by Crippen LogP contribution is -2.55. The maximum atomic E-state index is 12.9. The summed E-state index contributed by atoms with van der Waals surface area (Å²) in [4.78, 5) is 67.9. The van der Waals surface area contributed by atoms with Crippen LogP contribution in [0.4, 0.5) is 0 Å². The number of likely N-dealkylation sites (tertiary alicyclic amines) is 1. The first-order chi connectivity index (χ1) is 18.0. The summed E-state index contributed by atoms with van der Waals surface area (Å²) in [7, 11) is 0. The average Bonchev–Trinajstić information content (AvgIpc) is 3.55. The Bertz CT molecular complexity index is 885. The second-order valence-electron chi connectivity index (χ2n) is 10.2. The van der Waals surface area contributed by atoms with Crippen molar-refractivity contribution >= 4 is 35.6 Å². The second-order valence-corrected chi connectivity index (χ2v) is 10.2. The molecule has 0 bridgehead atoms.